The molecule has 14 heavy (non-hydrogen) atoms. The van der Waals surface area contributed by atoms with E-state index in [1.165, 1.54) is 6.07 Å². The molecule has 0 spiro atoms. The lowest BCUT2D eigenvalue weighted by atomic mass is 9.99. The van der Waals surface area contributed by atoms with Crippen molar-refractivity contribution < 1.29 is 4.39 Å². The predicted octanol–water partition coefficient (Wildman–Crippen LogP) is 4.29. The van der Waals surface area contributed by atoms with E-state index in [2.05, 4.69) is 6.92 Å². The average Bonchev–Trinajstić information content (AvgIpc) is 2.19. The maximum absolute atomic E-state index is 12.8. The molecule has 0 aromatic heterocycles. The summed E-state index contributed by atoms with van der Waals surface area (Å²) in [4.78, 5) is 0. The first-order chi connectivity index (χ1) is 6.67. The molecular formula is C11H13Cl2F. The molecule has 0 heterocycles. The van der Waals surface area contributed by atoms with Gasteiger partial charge in [-0.25, -0.2) is 4.39 Å². The van der Waals surface area contributed by atoms with Crippen LogP contribution in [0.4, 0.5) is 4.39 Å². The topological polar surface area (TPSA) is 0 Å². The summed E-state index contributed by atoms with van der Waals surface area (Å²) in [6.07, 6.45) is 1.89. The minimum Gasteiger partial charge on any atom is -0.205 e. The van der Waals surface area contributed by atoms with Crippen molar-refractivity contribution in [3.05, 3.63) is 34.6 Å². The highest BCUT2D eigenvalue weighted by Crippen LogP contribution is 2.19. The number of benzene rings is 1. The Morgan fingerprint density at radius 1 is 1.43 bits per heavy atom. The second-order valence-corrected chi connectivity index (χ2v) is 4.10. The lowest BCUT2D eigenvalue weighted by Crippen LogP contribution is -2.04. The molecule has 0 nitrogen and oxygen atoms in total. The molecule has 78 valence electrons. The van der Waals surface area contributed by atoms with E-state index in [4.69, 9.17) is 23.2 Å². The molecular weight excluding hydrogens is 222 g/mol. The van der Waals surface area contributed by atoms with Crippen LogP contribution in [0.1, 0.15) is 18.9 Å². The van der Waals surface area contributed by atoms with Crippen LogP contribution in [-0.4, -0.2) is 5.88 Å². The lowest BCUT2D eigenvalue weighted by Gasteiger charge is -2.11. The Hall–Kier alpha value is -0.270. The van der Waals surface area contributed by atoms with Crippen LogP contribution in [0.3, 0.4) is 0 Å². The maximum Gasteiger partial charge on any atom is 0.141 e. The molecule has 1 aromatic carbocycles. The van der Waals surface area contributed by atoms with E-state index in [0.29, 0.717) is 11.8 Å². The van der Waals surface area contributed by atoms with E-state index < -0.39 is 0 Å². The summed E-state index contributed by atoms with van der Waals surface area (Å²) < 4.78 is 12.8. The van der Waals surface area contributed by atoms with Crippen LogP contribution in [0.5, 0.6) is 0 Å². The van der Waals surface area contributed by atoms with E-state index in [0.717, 1.165) is 18.4 Å². The fourth-order valence-electron chi connectivity index (χ4n) is 1.31. The summed E-state index contributed by atoms with van der Waals surface area (Å²) in [5.41, 5.74) is 1.05. The zero-order valence-electron chi connectivity index (χ0n) is 8.06. The van der Waals surface area contributed by atoms with Crippen LogP contribution in [0, 0.1) is 11.7 Å². The van der Waals surface area contributed by atoms with Gasteiger partial charge in [0.15, 0.2) is 0 Å². The van der Waals surface area contributed by atoms with Gasteiger partial charge in [-0.15, -0.1) is 11.6 Å². The largest absolute Gasteiger partial charge is 0.205 e. The molecule has 0 saturated heterocycles. The van der Waals surface area contributed by atoms with Crippen LogP contribution in [0.15, 0.2) is 18.2 Å². The Morgan fingerprint density at radius 2 is 2.14 bits per heavy atom. The Bertz CT molecular complexity index is 295. The van der Waals surface area contributed by atoms with Crippen LogP contribution >= 0.6 is 23.2 Å². The average molecular weight is 235 g/mol. The van der Waals surface area contributed by atoms with Crippen molar-refractivity contribution in [3.8, 4) is 0 Å². The Morgan fingerprint density at radius 3 is 2.64 bits per heavy atom. The molecule has 0 N–H and O–H groups in total. The molecule has 3 heteroatoms. The van der Waals surface area contributed by atoms with Crippen molar-refractivity contribution >= 4 is 23.2 Å². The monoisotopic (exact) mass is 234 g/mol. The summed E-state index contributed by atoms with van der Waals surface area (Å²) in [5, 5.41) is 0.187. The smallest absolute Gasteiger partial charge is 0.141 e. The second-order valence-electron chi connectivity index (χ2n) is 3.38. The van der Waals surface area contributed by atoms with Crippen LogP contribution in [-0.2, 0) is 6.42 Å². The molecule has 0 radical (unpaired) electrons. The third-order valence-corrected chi connectivity index (χ3v) is 3.03. The molecule has 0 fully saturated rings. The molecule has 0 aliphatic carbocycles. The third kappa shape index (κ3) is 3.14. The summed E-state index contributed by atoms with van der Waals surface area (Å²) in [6.45, 7) is 2.10. The van der Waals surface area contributed by atoms with Gasteiger partial charge in [0.25, 0.3) is 0 Å². The Labute approximate surface area is 94.0 Å². The number of hydrogen-bond acceptors (Lipinski definition) is 0. The second kappa shape index (κ2) is 5.57. The lowest BCUT2D eigenvalue weighted by molar-refractivity contribution is 0.565. The van der Waals surface area contributed by atoms with Gasteiger partial charge in [0.1, 0.15) is 5.82 Å². The molecule has 1 aromatic rings. The Balaban J connectivity index is 2.72. The van der Waals surface area contributed by atoms with E-state index in [-0.39, 0.29) is 10.8 Å². The van der Waals surface area contributed by atoms with E-state index in [1.807, 2.05) is 0 Å². The van der Waals surface area contributed by atoms with E-state index >= 15 is 0 Å². The van der Waals surface area contributed by atoms with Gasteiger partial charge in [-0.1, -0.05) is 31.0 Å². The van der Waals surface area contributed by atoms with Gasteiger partial charge in [-0.3, -0.25) is 0 Å². The standard InChI is InChI=1S/C11H13Cl2F/c1-2-8(7-12)5-9-3-4-11(14)10(13)6-9/h3-4,6,8H,2,5,7H2,1H3. The van der Waals surface area contributed by atoms with Crippen molar-refractivity contribution in [2.75, 3.05) is 5.88 Å². The van der Waals surface area contributed by atoms with Crippen molar-refractivity contribution in [2.24, 2.45) is 5.92 Å². The fourth-order valence-corrected chi connectivity index (χ4v) is 1.84. The fraction of sp³-hybridized carbons (Fsp3) is 0.455. The molecule has 1 atom stereocenters. The molecule has 0 amide bonds. The summed E-state index contributed by atoms with van der Waals surface area (Å²) in [5.74, 6) is 0.707. The Kier molecular flexibility index (Phi) is 4.70. The van der Waals surface area contributed by atoms with E-state index in [1.54, 1.807) is 12.1 Å². The summed E-state index contributed by atoms with van der Waals surface area (Å²) >= 11 is 11.5. The van der Waals surface area contributed by atoms with Crippen LogP contribution in [0.25, 0.3) is 0 Å². The van der Waals surface area contributed by atoms with Gasteiger partial charge in [-0.2, -0.15) is 0 Å². The normalized spacial score (nSPS) is 12.9. The minimum absolute atomic E-state index is 0.187. The van der Waals surface area contributed by atoms with Crippen LogP contribution < -0.4 is 0 Å². The van der Waals surface area contributed by atoms with Crippen molar-refractivity contribution in [1.29, 1.82) is 0 Å². The van der Waals surface area contributed by atoms with Crippen molar-refractivity contribution in [1.82, 2.24) is 0 Å². The van der Waals surface area contributed by atoms with Gasteiger partial charge in [0, 0.05) is 5.88 Å². The number of rotatable bonds is 4. The molecule has 0 saturated carbocycles. The summed E-state index contributed by atoms with van der Waals surface area (Å²) in [6, 6.07) is 4.83. The first-order valence-corrected chi connectivity index (χ1v) is 5.58. The van der Waals surface area contributed by atoms with Gasteiger partial charge in [0.05, 0.1) is 5.02 Å². The van der Waals surface area contributed by atoms with Gasteiger partial charge >= 0.3 is 0 Å². The third-order valence-electron chi connectivity index (χ3n) is 2.30. The zero-order valence-corrected chi connectivity index (χ0v) is 9.58. The van der Waals surface area contributed by atoms with Crippen molar-refractivity contribution in [2.45, 2.75) is 19.8 Å². The SMILES string of the molecule is CCC(CCl)Cc1ccc(F)c(Cl)c1. The van der Waals surface area contributed by atoms with Gasteiger partial charge in [-0.05, 0) is 30.0 Å². The first-order valence-electron chi connectivity index (χ1n) is 4.67. The zero-order chi connectivity index (χ0) is 10.6. The highest BCUT2D eigenvalue weighted by atomic mass is 35.5. The molecule has 0 aliphatic heterocycles. The number of hydrogen-bond donors (Lipinski definition) is 0. The van der Waals surface area contributed by atoms with Crippen LogP contribution in [0.2, 0.25) is 5.02 Å². The maximum atomic E-state index is 12.8. The molecule has 1 rings (SSSR count). The first kappa shape index (κ1) is 11.8. The predicted molar refractivity (Wildman–Crippen MR) is 59.6 cm³/mol. The highest BCUT2D eigenvalue weighted by Gasteiger charge is 2.07. The van der Waals surface area contributed by atoms with Gasteiger partial charge < -0.3 is 0 Å². The molecule has 0 aliphatic rings. The number of alkyl halides is 1. The summed E-state index contributed by atoms with van der Waals surface area (Å²) in [7, 11) is 0. The quantitative estimate of drug-likeness (QED) is 0.683. The number of halogens is 3. The highest BCUT2D eigenvalue weighted by molar-refractivity contribution is 6.30. The van der Waals surface area contributed by atoms with Crippen molar-refractivity contribution in [3.63, 3.8) is 0 Å². The van der Waals surface area contributed by atoms with Gasteiger partial charge in [0.2, 0.25) is 0 Å². The molecule has 0 bridgehead atoms. The minimum atomic E-state index is -0.366. The van der Waals surface area contributed by atoms with E-state index in [9.17, 15) is 4.39 Å². The molecule has 1 unspecified atom stereocenters.